The maximum absolute atomic E-state index is 11.5. The second-order valence-corrected chi connectivity index (χ2v) is 4.46. The van der Waals surface area contributed by atoms with Gasteiger partial charge in [0.05, 0.1) is 13.0 Å². The van der Waals surface area contributed by atoms with Gasteiger partial charge in [0.1, 0.15) is 11.4 Å². The first-order chi connectivity index (χ1) is 7.57. The highest BCUT2D eigenvalue weighted by Gasteiger charge is 2.43. The lowest BCUT2D eigenvalue weighted by Crippen LogP contribution is -2.21. The van der Waals surface area contributed by atoms with E-state index in [0.29, 0.717) is 6.42 Å². The molecule has 3 nitrogen and oxygen atoms in total. The topological polar surface area (TPSA) is 35.5 Å². The van der Waals surface area contributed by atoms with Crippen molar-refractivity contribution in [2.45, 2.75) is 25.9 Å². The van der Waals surface area contributed by atoms with Gasteiger partial charge in [-0.1, -0.05) is 25.1 Å². The van der Waals surface area contributed by atoms with Crippen LogP contribution in [0.5, 0.6) is 5.75 Å². The van der Waals surface area contributed by atoms with Gasteiger partial charge in [0.2, 0.25) is 0 Å². The summed E-state index contributed by atoms with van der Waals surface area (Å²) in [5.74, 6) is 0.593. The molecule has 0 aromatic heterocycles. The molecule has 1 aromatic rings. The monoisotopic (exact) mass is 220 g/mol. The molecule has 0 amide bonds. The highest BCUT2D eigenvalue weighted by Crippen LogP contribution is 2.42. The molecule has 0 aliphatic carbocycles. The zero-order chi connectivity index (χ0) is 11.8. The van der Waals surface area contributed by atoms with Crippen molar-refractivity contribution < 1.29 is 14.3 Å². The summed E-state index contributed by atoms with van der Waals surface area (Å²) in [7, 11) is 1.63. The number of para-hydroxylation sites is 1. The Morgan fingerprint density at radius 3 is 2.69 bits per heavy atom. The van der Waals surface area contributed by atoms with Gasteiger partial charge in [-0.15, -0.1) is 0 Å². The highest BCUT2D eigenvalue weighted by molar-refractivity contribution is 5.75. The van der Waals surface area contributed by atoms with E-state index < -0.39 is 5.60 Å². The molecule has 86 valence electrons. The molecule has 0 N–H and O–H groups in total. The number of esters is 1. The van der Waals surface area contributed by atoms with Crippen molar-refractivity contribution in [3.05, 3.63) is 29.8 Å². The standard InChI is InChI=1S/C13H16O3/c1-9-8-13(2,16-12(9)14)10-6-4-5-7-11(10)15-3/h4-7,9H,8H2,1-3H3/t9-,13-/m1/s1. The molecule has 2 atom stereocenters. The van der Waals surface area contributed by atoms with Gasteiger partial charge in [0, 0.05) is 12.0 Å². The van der Waals surface area contributed by atoms with E-state index in [1.165, 1.54) is 0 Å². The fourth-order valence-electron chi connectivity index (χ4n) is 2.28. The number of hydrogen-bond donors (Lipinski definition) is 0. The van der Waals surface area contributed by atoms with Crippen LogP contribution in [0.15, 0.2) is 24.3 Å². The van der Waals surface area contributed by atoms with Crippen molar-refractivity contribution in [1.29, 1.82) is 0 Å². The number of carbonyl (C=O) groups excluding carboxylic acids is 1. The number of methoxy groups -OCH3 is 1. The molecule has 0 radical (unpaired) electrons. The van der Waals surface area contributed by atoms with Crippen LogP contribution in [-0.2, 0) is 15.1 Å². The molecule has 3 heteroatoms. The molecule has 1 aromatic carbocycles. The second kappa shape index (κ2) is 3.81. The molecular formula is C13H16O3. The predicted molar refractivity (Wildman–Crippen MR) is 60.2 cm³/mol. The minimum atomic E-state index is -0.552. The van der Waals surface area contributed by atoms with Crippen LogP contribution in [0.4, 0.5) is 0 Å². The summed E-state index contributed by atoms with van der Waals surface area (Å²) in [5.41, 5.74) is 0.388. The third kappa shape index (κ3) is 1.66. The van der Waals surface area contributed by atoms with E-state index in [-0.39, 0.29) is 11.9 Å². The molecule has 1 heterocycles. The quantitative estimate of drug-likeness (QED) is 0.718. The van der Waals surface area contributed by atoms with Gasteiger partial charge in [-0.05, 0) is 13.0 Å². The van der Waals surface area contributed by atoms with Gasteiger partial charge in [-0.25, -0.2) is 0 Å². The van der Waals surface area contributed by atoms with Gasteiger partial charge in [0.15, 0.2) is 0 Å². The summed E-state index contributed by atoms with van der Waals surface area (Å²) in [6.07, 6.45) is 0.701. The number of ether oxygens (including phenoxy) is 2. The molecular weight excluding hydrogens is 204 g/mol. The van der Waals surface area contributed by atoms with Gasteiger partial charge >= 0.3 is 5.97 Å². The lowest BCUT2D eigenvalue weighted by Gasteiger charge is -2.25. The maximum Gasteiger partial charge on any atom is 0.309 e. The average Bonchev–Trinajstić information content (AvgIpc) is 2.54. The first-order valence-electron chi connectivity index (χ1n) is 5.43. The van der Waals surface area contributed by atoms with Crippen LogP contribution in [-0.4, -0.2) is 13.1 Å². The predicted octanol–water partition coefficient (Wildman–Crippen LogP) is 2.49. The first-order valence-corrected chi connectivity index (χ1v) is 5.43. The molecule has 1 aliphatic heterocycles. The van der Waals surface area contributed by atoms with Crippen molar-refractivity contribution in [2.75, 3.05) is 7.11 Å². The fraction of sp³-hybridized carbons (Fsp3) is 0.462. The van der Waals surface area contributed by atoms with E-state index in [4.69, 9.17) is 9.47 Å². The van der Waals surface area contributed by atoms with Crippen LogP contribution in [0.2, 0.25) is 0 Å². The van der Waals surface area contributed by atoms with E-state index in [1.54, 1.807) is 7.11 Å². The molecule has 0 spiro atoms. The van der Waals surface area contributed by atoms with Crippen LogP contribution < -0.4 is 4.74 Å². The average molecular weight is 220 g/mol. The minimum Gasteiger partial charge on any atom is -0.496 e. The van der Waals surface area contributed by atoms with E-state index in [1.807, 2.05) is 38.1 Å². The lowest BCUT2D eigenvalue weighted by molar-refractivity contribution is -0.149. The third-order valence-electron chi connectivity index (χ3n) is 3.10. The lowest BCUT2D eigenvalue weighted by atomic mass is 9.89. The Hall–Kier alpha value is -1.51. The van der Waals surface area contributed by atoms with Crippen LogP contribution >= 0.6 is 0 Å². The van der Waals surface area contributed by atoms with Gasteiger partial charge in [0.25, 0.3) is 0 Å². The Balaban J connectivity index is 2.40. The third-order valence-corrected chi connectivity index (χ3v) is 3.10. The van der Waals surface area contributed by atoms with E-state index in [9.17, 15) is 4.79 Å². The Bertz CT molecular complexity index is 413. The van der Waals surface area contributed by atoms with Crippen molar-refractivity contribution in [3.8, 4) is 5.75 Å². The van der Waals surface area contributed by atoms with Gasteiger partial charge < -0.3 is 9.47 Å². The summed E-state index contributed by atoms with van der Waals surface area (Å²) in [4.78, 5) is 11.5. The molecule has 1 saturated heterocycles. The molecule has 2 rings (SSSR count). The smallest absolute Gasteiger partial charge is 0.309 e. The molecule has 0 unspecified atom stereocenters. The number of carbonyl (C=O) groups is 1. The first kappa shape index (κ1) is 11.0. The Morgan fingerprint density at radius 1 is 1.44 bits per heavy atom. The van der Waals surface area contributed by atoms with Crippen LogP contribution in [0.3, 0.4) is 0 Å². The summed E-state index contributed by atoms with van der Waals surface area (Å²) in [6, 6.07) is 7.67. The summed E-state index contributed by atoms with van der Waals surface area (Å²) < 4.78 is 10.8. The van der Waals surface area contributed by atoms with Crippen molar-refractivity contribution in [3.63, 3.8) is 0 Å². The zero-order valence-corrected chi connectivity index (χ0v) is 9.82. The van der Waals surface area contributed by atoms with E-state index in [2.05, 4.69) is 0 Å². The molecule has 1 fully saturated rings. The maximum atomic E-state index is 11.5. The van der Waals surface area contributed by atoms with Crippen LogP contribution in [0, 0.1) is 5.92 Å². The Morgan fingerprint density at radius 2 is 2.12 bits per heavy atom. The van der Waals surface area contributed by atoms with Gasteiger partial charge in [-0.2, -0.15) is 0 Å². The molecule has 0 saturated carbocycles. The van der Waals surface area contributed by atoms with E-state index >= 15 is 0 Å². The normalized spacial score (nSPS) is 28.9. The molecule has 16 heavy (non-hydrogen) atoms. The van der Waals surface area contributed by atoms with E-state index in [0.717, 1.165) is 11.3 Å². The fourth-order valence-corrected chi connectivity index (χ4v) is 2.28. The van der Waals surface area contributed by atoms with Crippen LogP contribution in [0.25, 0.3) is 0 Å². The molecule has 0 bridgehead atoms. The van der Waals surface area contributed by atoms with Crippen molar-refractivity contribution in [1.82, 2.24) is 0 Å². The Labute approximate surface area is 95.4 Å². The summed E-state index contributed by atoms with van der Waals surface area (Å²) in [6.45, 7) is 3.83. The zero-order valence-electron chi connectivity index (χ0n) is 9.82. The minimum absolute atomic E-state index is 0.0464. The number of rotatable bonds is 2. The summed E-state index contributed by atoms with van der Waals surface area (Å²) in [5, 5.41) is 0. The van der Waals surface area contributed by atoms with Crippen molar-refractivity contribution >= 4 is 5.97 Å². The summed E-state index contributed by atoms with van der Waals surface area (Å²) >= 11 is 0. The second-order valence-electron chi connectivity index (χ2n) is 4.46. The van der Waals surface area contributed by atoms with Crippen molar-refractivity contribution in [2.24, 2.45) is 5.92 Å². The largest absolute Gasteiger partial charge is 0.496 e. The van der Waals surface area contributed by atoms with Crippen LogP contribution in [0.1, 0.15) is 25.8 Å². The number of cyclic esters (lactones) is 1. The number of benzene rings is 1. The Kier molecular flexibility index (Phi) is 2.62. The SMILES string of the molecule is COc1ccccc1[C@@]1(C)C[C@@H](C)C(=O)O1. The number of hydrogen-bond acceptors (Lipinski definition) is 3. The van der Waals surface area contributed by atoms with Gasteiger partial charge in [-0.3, -0.25) is 4.79 Å². The molecule has 1 aliphatic rings. The highest BCUT2D eigenvalue weighted by atomic mass is 16.6.